The van der Waals surface area contributed by atoms with Gasteiger partial charge in [0.15, 0.2) is 0 Å². The quantitative estimate of drug-likeness (QED) is 0.665. The molecule has 1 N–H and O–H groups in total. The van der Waals surface area contributed by atoms with E-state index in [0.717, 1.165) is 19.6 Å². The van der Waals surface area contributed by atoms with Crippen LogP contribution in [0.5, 0.6) is 0 Å². The zero-order chi connectivity index (χ0) is 18.7. The van der Waals surface area contributed by atoms with Crippen LogP contribution < -0.4 is 5.32 Å². The van der Waals surface area contributed by atoms with Gasteiger partial charge in [-0.15, -0.1) is 0 Å². The Morgan fingerprint density at radius 1 is 1.00 bits per heavy atom. The summed E-state index contributed by atoms with van der Waals surface area (Å²) in [5.74, 6) is -0.407. The molecule has 134 valence electrons. The van der Waals surface area contributed by atoms with Crippen LogP contribution in [0.2, 0.25) is 0 Å². The highest BCUT2D eigenvalue weighted by Gasteiger charge is 2.23. The number of nitrogens with zero attached hydrogens (tertiary/aromatic N) is 1. The largest absolute Gasteiger partial charge is 0.325 e. The summed E-state index contributed by atoms with van der Waals surface area (Å²) < 4.78 is 27.4. The first-order valence-corrected chi connectivity index (χ1v) is 10.1. The number of carbonyl (C=O) groups is 1. The van der Waals surface area contributed by atoms with E-state index in [2.05, 4.69) is 21.2 Å². The van der Waals surface area contributed by atoms with E-state index in [0.29, 0.717) is 5.69 Å². The number of hydrogen-bond acceptors (Lipinski definition) is 3. The van der Waals surface area contributed by atoms with Crippen molar-refractivity contribution in [1.29, 1.82) is 0 Å². The molecule has 1 amide bonds. The van der Waals surface area contributed by atoms with Gasteiger partial charge >= 0.3 is 0 Å². The summed E-state index contributed by atoms with van der Waals surface area (Å²) in [6, 6.07) is 19.6. The molecule has 3 rings (SSSR count). The fraction of sp³-hybridized carbons (Fsp3) is 0.105. The number of likely N-dealkylation sites (N-methyl/N-ethyl adjacent to an activating group) is 1. The Labute approximate surface area is 160 Å². The zero-order valence-corrected chi connectivity index (χ0v) is 16.4. The molecule has 0 saturated carbocycles. The molecular formula is C19H17BrN2O3S. The lowest BCUT2D eigenvalue weighted by Gasteiger charge is -2.17. The third-order valence-electron chi connectivity index (χ3n) is 3.90. The number of fused-ring (bicyclic) bond motifs is 1. The molecule has 26 heavy (non-hydrogen) atoms. The number of anilines is 1. The van der Waals surface area contributed by atoms with Crippen molar-refractivity contribution in [3.63, 3.8) is 0 Å². The van der Waals surface area contributed by atoms with Gasteiger partial charge in [-0.3, -0.25) is 4.79 Å². The minimum absolute atomic E-state index is 0.161. The molecule has 0 spiro atoms. The summed E-state index contributed by atoms with van der Waals surface area (Å²) >= 11 is 3.33. The predicted octanol–water partition coefficient (Wildman–Crippen LogP) is 3.86. The topological polar surface area (TPSA) is 66.5 Å². The molecule has 0 aliphatic carbocycles. The Morgan fingerprint density at radius 2 is 1.73 bits per heavy atom. The SMILES string of the molecule is CN(CC(=O)Nc1cccc(Br)c1)S(=O)(=O)c1ccc2ccccc2c1. The molecule has 0 unspecified atom stereocenters. The second kappa shape index (κ2) is 7.57. The maximum absolute atomic E-state index is 12.8. The van der Waals surface area contributed by atoms with Crippen LogP contribution in [0.25, 0.3) is 10.8 Å². The lowest BCUT2D eigenvalue weighted by molar-refractivity contribution is -0.116. The molecule has 0 saturated heterocycles. The molecule has 0 atom stereocenters. The van der Waals surface area contributed by atoms with Crippen molar-refractivity contribution < 1.29 is 13.2 Å². The van der Waals surface area contributed by atoms with Crippen molar-refractivity contribution in [2.75, 3.05) is 18.9 Å². The lowest BCUT2D eigenvalue weighted by Crippen LogP contribution is -2.34. The Hall–Kier alpha value is -2.22. The van der Waals surface area contributed by atoms with Crippen molar-refractivity contribution >= 4 is 48.3 Å². The fourth-order valence-electron chi connectivity index (χ4n) is 2.56. The molecule has 0 aliphatic heterocycles. The van der Waals surface area contributed by atoms with Gasteiger partial charge in [0.05, 0.1) is 11.4 Å². The van der Waals surface area contributed by atoms with Gasteiger partial charge in [-0.1, -0.05) is 52.3 Å². The standard InChI is InChI=1S/C19H17BrN2O3S/c1-22(13-19(23)21-17-8-4-7-16(20)12-17)26(24,25)18-10-9-14-5-2-3-6-15(14)11-18/h2-12H,13H2,1H3,(H,21,23). The average molecular weight is 433 g/mol. The number of carbonyl (C=O) groups excluding carboxylic acids is 1. The minimum Gasteiger partial charge on any atom is -0.325 e. The van der Waals surface area contributed by atoms with Crippen molar-refractivity contribution in [3.05, 3.63) is 71.2 Å². The maximum Gasteiger partial charge on any atom is 0.243 e. The summed E-state index contributed by atoms with van der Waals surface area (Å²) in [5.41, 5.74) is 0.598. The summed E-state index contributed by atoms with van der Waals surface area (Å²) in [7, 11) is -2.37. The smallest absolute Gasteiger partial charge is 0.243 e. The van der Waals surface area contributed by atoms with Crippen molar-refractivity contribution in [2.24, 2.45) is 0 Å². The zero-order valence-electron chi connectivity index (χ0n) is 14.0. The second-order valence-corrected chi connectivity index (χ2v) is 8.79. The molecule has 0 heterocycles. The number of benzene rings is 3. The van der Waals surface area contributed by atoms with Crippen molar-refractivity contribution in [3.8, 4) is 0 Å². The average Bonchev–Trinajstić information content (AvgIpc) is 2.61. The van der Waals surface area contributed by atoms with Crippen molar-refractivity contribution in [1.82, 2.24) is 4.31 Å². The van der Waals surface area contributed by atoms with E-state index in [-0.39, 0.29) is 11.4 Å². The molecule has 0 aliphatic rings. The first kappa shape index (κ1) is 18.6. The van der Waals surface area contributed by atoms with Crippen LogP contribution in [0.15, 0.2) is 76.1 Å². The van der Waals surface area contributed by atoms with Gasteiger partial charge < -0.3 is 5.32 Å². The lowest BCUT2D eigenvalue weighted by atomic mass is 10.1. The molecule has 0 radical (unpaired) electrons. The van der Waals surface area contributed by atoms with Gasteiger partial charge in [0.25, 0.3) is 0 Å². The highest BCUT2D eigenvalue weighted by Crippen LogP contribution is 2.21. The van der Waals surface area contributed by atoms with Gasteiger partial charge in [0.1, 0.15) is 0 Å². The second-order valence-electron chi connectivity index (χ2n) is 5.83. The van der Waals surface area contributed by atoms with Crippen molar-refractivity contribution in [2.45, 2.75) is 4.90 Å². The van der Waals surface area contributed by atoms with Crippen LogP contribution in [0, 0.1) is 0 Å². The summed E-state index contributed by atoms with van der Waals surface area (Å²) in [6.07, 6.45) is 0. The van der Waals surface area contributed by atoms with E-state index in [1.54, 1.807) is 36.4 Å². The van der Waals surface area contributed by atoms with Crippen LogP contribution in [0.3, 0.4) is 0 Å². The summed E-state index contributed by atoms with van der Waals surface area (Å²) in [4.78, 5) is 12.4. The Kier molecular flexibility index (Phi) is 5.41. The molecule has 5 nitrogen and oxygen atoms in total. The number of rotatable bonds is 5. The molecular weight excluding hydrogens is 416 g/mol. The third kappa shape index (κ3) is 4.12. The summed E-state index contributed by atoms with van der Waals surface area (Å²) in [6.45, 7) is -0.276. The predicted molar refractivity (Wildman–Crippen MR) is 107 cm³/mol. The molecule has 3 aromatic carbocycles. The molecule has 3 aromatic rings. The van der Waals surface area contributed by atoms with Crippen LogP contribution >= 0.6 is 15.9 Å². The highest BCUT2D eigenvalue weighted by molar-refractivity contribution is 9.10. The fourth-order valence-corrected chi connectivity index (χ4v) is 4.12. The number of amides is 1. The van der Waals surface area contributed by atoms with Crippen LogP contribution in [-0.4, -0.2) is 32.2 Å². The van der Waals surface area contributed by atoms with Gasteiger partial charge in [0, 0.05) is 17.2 Å². The van der Waals surface area contributed by atoms with Crippen LogP contribution in [-0.2, 0) is 14.8 Å². The van der Waals surface area contributed by atoms with Gasteiger partial charge in [-0.25, -0.2) is 8.42 Å². The van der Waals surface area contributed by atoms with E-state index < -0.39 is 15.9 Å². The Bertz CT molecular complexity index is 1070. The van der Waals surface area contributed by atoms with Gasteiger partial charge in [-0.2, -0.15) is 4.31 Å². The highest BCUT2D eigenvalue weighted by atomic mass is 79.9. The van der Waals surface area contributed by atoms with E-state index in [1.807, 2.05) is 30.3 Å². The number of sulfonamides is 1. The Morgan fingerprint density at radius 3 is 2.46 bits per heavy atom. The normalized spacial score (nSPS) is 11.7. The summed E-state index contributed by atoms with van der Waals surface area (Å²) in [5, 5.41) is 4.49. The number of hydrogen-bond donors (Lipinski definition) is 1. The van der Waals surface area contributed by atoms with Gasteiger partial charge in [-0.05, 0) is 41.1 Å². The van der Waals surface area contributed by atoms with Gasteiger partial charge in [0.2, 0.25) is 15.9 Å². The van der Waals surface area contributed by atoms with E-state index >= 15 is 0 Å². The molecule has 7 heteroatoms. The Balaban J connectivity index is 1.76. The van der Waals surface area contributed by atoms with E-state index in [1.165, 1.54) is 7.05 Å². The number of halogens is 1. The molecule has 0 bridgehead atoms. The van der Waals surface area contributed by atoms with E-state index in [9.17, 15) is 13.2 Å². The number of nitrogens with one attached hydrogen (secondary N) is 1. The monoisotopic (exact) mass is 432 g/mol. The first-order valence-electron chi connectivity index (χ1n) is 7.87. The third-order valence-corrected chi connectivity index (χ3v) is 6.20. The minimum atomic E-state index is -3.76. The molecule has 0 fully saturated rings. The first-order chi connectivity index (χ1) is 12.4. The van der Waals surface area contributed by atoms with Crippen LogP contribution in [0.4, 0.5) is 5.69 Å². The van der Waals surface area contributed by atoms with E-state index in [4.69, 9.17) is 0 Å². The van der Waals surface area contributed by atoms with Crippen LogP contribution in [0.1, 0.15) is 0 Å². The maximum atomic E-state index is 12.8. The molecule has 0 aromatic heterocycles.